The molecule has 0 aliphatic rings. The van der Waals surface area contributed by atoms with Crippen LogP contribution in [-0.2, 0) is 4.79 Å². The lowest BCUT2D eigenvalue weighted by Gasteiger charge is -1.72. The summed E-state index contributed by atoms with van der Waals surface area (Å²) in [6, 6.07) is 0. The molecule has 0 saturated heterocycles. The van der Waals surface area contributed by atoms with Crippen LogP contribution in [-0.4, -0.2) is 6.29 Å². The number of carbonyl (C=O) groups is 1. The van der Waals surface area contributed by atoms with E-state index in [0.29, 0.717) is 11.2 Å². The predicted octanol–water partition coefficient (Wildman–Crippen LogP) is 1.02. The first-order valence-corrected chi connectivity index (χ1v) is 2.06. The summed E-state index contributed by atoms with van der Waals surface area (Å²) < 4.78 is 0. The minimum atomic E-state index is 0.481. The van der Waals surface area contributed by atoms with Crippen molar-refractivity contribution in [3.05, 3.63) is 11.0 Å². The van der Waals surface area contributed by atoms with Crippen molar-refractivity contribution >= 4 is 18.9 Å². The molecular formula is C4H6OS. The Morgan fingerprint density at radius 1 is 1.83 bits per heavy atom. The van der Waals surface area contributed by atoms with Gasteiger partial charge in [0.05, 0.1) is 0 Å². The van der Waals surface area contributed by atoms with Crippen LogP contribution in [0.25, 0.3) is 0 Å². The average Bonchev–Trinajstić information content (AvgIpc) is 1.65. The van der Waals surface area contributed by atoms with Crippen LogP contribution < -0.4 is 0 Å². The van der Waals surface area contributed by atoms with Crippen LogP contribution in [0.4, 0.5) is 0 Å². The maximum Gasteiger partial charge on any atom is 0.155 e. The van der Waals surface area contributed by atoms with E-state index in [-0.39, 0.29) is 0 Å². The average molecular weight is 102 g/mol. The van der Waals surface area contributed by atoms with Gasteiger partial charge in [0.25, 0.3) is 0 Å². The quantitative estimate of drug-likeness (QED) is 0.297. The normalized spacial score (nSPS) is 11.3. The molecule has 0 bridgehead atoms. The van der Waals surface area contributed by atoms with Gasteiger partial charge in [0.2, 0.25) is 0 Å². The Balaban J connectivity index is 3.50. The molecular weight excluding hydrogens is 96.1 g/mol. The number of allylic oxidation sites excluding steroid dienone is 2. The predicted molar refractivity (Wildman–Crippen MR) is 28.8 cm³/mol. The lowest BCUT2D eigenvalue weighted by atomic mass is 10.6. The summed E-state index contributed by atoms with van der Waals surface area (Å²) in [4.78, 5) is 10.1. The largest absolute Gasteiger partial charge is 0.297 e. The van der Waals surface area contributed by atoms with E-state index in [1.54, 1.807) is 13.0 Å². The molecule has 0 aliphatic carbocycles. The molecule has 0 unspecified atom stereocenters. The molecule has 0 aromatic carbocycles. The molecule has 0 radical (unpaired) electrons. The van der Waals surface area contributed by atoms with Crippen molar-refractivity contribution in [2.24, 2.45) is 0 Å². The molecule has 0 N–H and O–H groups in total. The smallest absolute Gasteiger partial charge is 0.155 e. The Bertz CT molecular complexity index is 75.6. The van der Waals surface area contributed by atoms with Gasteiger partial charge in [0.1, 0.15) is 0 Å². The zero-order valence-electron chi connectivity index (χ0n) is 3.51. The number of rotatable bonds is 1. The van der Waals surface area contributed by atoms with Gasteiger partial charge in [-0.3, -0.25) is 4.79 Å². The highest BCUT2D eigenvalue weighted by atomic mass is 32.1. The van der Waals surface area contributed by atoms with Crippen molar-refractivity contribution in [1.29, 1.82) is 0 Å². The highest BCUT2D eigenvalue weighted by Crippen LogP contribution is 1.90. The molecule has 34 valence electrons. The van der Waals surface area contributed by atoms with Crippen LogP contribution in [0.3, 0.4) is 0 Å². The van der Waals surface area contributed by atoms with Crippen molar-refractivity contribution in [2.45, 2.75) is 6.92 Å². The molecule has 0 heterocycles. The van der Waals surface area contributed by atoms with Crippen molar-refractivity contribution in [2.75, 3.05) is 0 Å². The molecule has 0 aliphatic heterocycles. The van der Waals surface area contributed by atoms with Gasteiger partial charge in [-0.2, -0.15) is 0 Å². The van der Waals surface area contributed by atoms with Gasteiger partial charge in [-0.25, -0.2) is 0 Å². The first-order chi connectivity index (χ1) is 2.81. The van der Waals surface area contributed by atoms with Crippen LogP contribution in [0.5, 0.6) is 0 Å². The van der Waals surface area contributed by atoms with Crippen molar-refractivity contribution < 1.29 is 4.79 Å². The van der Waals surface area contributed by atoms with Crippen LogP contribution in [0.15, 0.2) is 11.0 Å². The van der Waals surface area contributed by atoms with E-state index in [1.807, 2.05) is 0 Å². The number of aldehydes is 1. The number of carbonyl (C=O) groups excluding carboxylic acids is 1. The van der Waals surface area contributed by atoms with E-state index < -0.39 is 0 Å². The van der Waals surface area contributed by atoms with E-state index in [2.05, 4.69) is 12.6 Å². The summed E-state index contributed by atoms with van der Waals surface area (Å²) in [5.74, 6) is 0. The van der Waals surface area contributed by atoms with Crippen molar-refractivity contribution in [3.8, 4) is 0 Å². The Hall–Kier alpha value is -0.240. The Labute approximate surface area is 42.5 Å². The molecule has 0 aromatic rings. The fourth-order valence-electron chi connectivity index (χ4n) is 0.0680. The summed E-state index contributed by atoms with van der Waals surface area (Å²) in [7, 11) is 0. The van der Waals surface area contributed by atoms with Crippen LogP contribution in [0, 0.1) is 0 Å². The van der Waals surface area contributed by atoms with Crippen LogP contribution >= 0.6 is 12.6 Å². The third-order valence-corrected chi connectivity index (χ3v) is 0.780. The molecule has 2 heteroatoms. The van der Waals surface area contributed by atoms with Gasteiger partial charge in [0, 0.05) is 4.91 Å². The second-order valence-corrected chi connectivity index (χ2v) is 1.35. The summed E-state index contributed by atoms with van der Waals surface area (Å²) in [6.07, 6.45) is 2.33. The first-order valence-electron chi connectivity index (χ1n) is 1.61. The molecule has 0 aromatic heterocycles. The third kappa shape index (κ3) is 2.03. The summed E-state index contributed by atoms with van der Waals surface area (Å²) in [6.45, 7) is 1.76. The summed E-state index contributed by atoms with van der Waals surface area (Å²) in [5.41, 5.74) is 0. The van der Waals surface area contributed by atoms with E-state index in [1.165, 1.54) is 0 Å². The third-order valence-electron chi connectivity index (χ3n) is 0.417. The Morgan fingerprint density at radius 3 is 2.33 bits per heavy atom. The highest BCUT2D eigenvalue weighted by molar-refractivity contribution is 7.85. The fraction of sp³-hybridized carbons (Fsp3) is 0.250. The van der Waals surface area contributed by atoms with Crippen LogP contribution in [0.2, 0.25) is 0 Å². The van der Waals surface area contributed by atoms with Crippen LogP contribution in [0.1, 0.15) is 6.92 Å². The lowest BCUT2D eigenvalue weighted by Crippen LogP contribution is -1.65. The SMILES string of the molecule is C/C=C(\S)C=O. The molecule has 0 atom stereocenters. The number of hydrogen-bond acceptors (Lipinski definition) is 2. The van der Waals surface area contributed by atoms with Gasteiger partial charge in [-0.05, 0) is 6.92 Å². The maximum absolute atomic E-state index is 9.59. The second-order valence-electron chi connectivity index (χ2n) is 0.831. The zero-order chi connectivity index (χ0) is 4.99. The fourth-order valence-corrected chi connectivity index (χ4v) is 0.0680. The lowest BCUT2D eigenvalue weighted by molar-refractivity contribution is -0.104. The molecule has 6 heavy (non-hydrogen) atoms. The molecule has 1 nitrogen and oxygen atoms in total. The van der Waals surface area contributed by atoms with E-state index in [0.717, 1.165) is 0 Å². The van der Waals surface area contributed by atoms with Gasteiger partial charge in [0.15, 0.2) is 6.29 Å². The molecule has 0 saturated carbocycles. The zero-order valence-corrected chi connectivity index (χ0v) is 4.40. The van der Waals surface area contributed by atoms with Gasteiger partial charge < -0.3 is 0 Å². The number of hydrogen-bond donors (Lipinski definition) is 1. The summed E-state index contributed by atoms with van der Waals surface area (Å²) >= 11 is 3.72. The topological polar surface area (TPSA) is 17.1 Å². The van der Waals surface area contributed by atoms with E-state index in [4.69, 9.17) is 0 Å². The van der Waals surface area contributed by atoms with Crippen molar-refractivity contribution in [3.63, 3.8) is 0 Å². The summed E-state index contributed by atoms with van der Waals surface area (Å²) in [5, 5.41) is 0. The van der Waals surface area contributed by atoms with E-state index >= 15 is 0 Å². The first kappa shape index (κ1) is 5.76. The van der Waals surface area contributed by atoms with Gasteiger partial charge >= 0.3 is 0 Å². The van der Waals surface area contributed by atoms with Gasteiger partial charge in [-0.1, -0.05) is 6.08 Å². The Kier molecular flexibility index (Phi) is 2.85. The minimum Gasteiger partial charge on any atom is -0.297 e. The molecule has 0 spiro atoms. The second kappa shape index (κ2) is 2.97. The molecule has 0 amide bonds. The highest BCUT2D eigenvalue weighted by Gasteiger charge is 1.73. The Morgan fingerprint density at radius 2 is 2.33 bits per heavy atom. The molecule has 0 rings (SSSR count). The molecule has 0 fully saturated rings. The number of thiol groups is 1. The monoisotopic (exact) mass is 102 g/mol. The maximum atomic E-state index is 9.59. The standard InChI is InChI=1S/C4H6OS/c1-2-4(6)3-5/h2-3,6H,1H3/b4-2-. The minimum absolute atomic E-state index is 0.481. The van der Waals surface area contributed by atoms with Gasteiger partial charge in [-0.15, -0.1) is 12.6 Å². The van der Waals surface area contributed by atoms with E-state index in [9.17, 15) is 4.79 Å². The van der Waals surface area contributed by atoms with Crippen molar-refractivity contribution in [1.82, 2.24) is 0 Å².